The fourth-order valence-corrected chi connectivity index (χ4v) is 2.70. The number of aryl methyl sites for hydroxylation is 1. The quantitative estimate of drug-likeness (QED) is 0.835. The summed E-state index contributed by atoms with van der Waals surface area (Å²) in [6, 6.07) is 9.97. The molecule has 0 aromatic heterocycles. The normalized spacial score (nSPS) is 24.8. The van der Waals surface area contributed by atoms with Crippen LogP contribution in [0.2, 0.25) is 0 Å². The Morgan fingerprint density at radius 3 is 2.41 bits per heavy atom. The third kappa shape index (κ3) is 3.85. The van der Waals surface area contributed by atoms with Gasteiger partial charge in [-0.25, -0.2) is 0 Å². The van der Waals surface area contributed by atoms with Crippen molar-refractivity contribution in [3.8, 4) is 0 Å². The molecule has 1 aliphatic rings. The standard InChI is InChI=1S/C16H25N/c1-3-4-14-7-9-15(10-8-14)11-16-6-5-13(2)17-12-16/h7-10,13,16-17H,3-6,11-12H2,1-2H3. The van der Waals surface area contributed by atoms with Crippen LogP contribution < -0.4 is 5.32 Å². The molecule has 1 aromatic carbocycles. The lowest BCUT2D eigenvalue weighted by molar-refractivity contribution is 0.322. The van der Waals surface area contributed by atoms with Gasteiger partial charge in [0.25, 0.3) is 0 Å². The summed E-state index contributed by atoms with van der Waals surface area (Å²) in [4.78, 5) is 0. The van der Waals surface area contributed by atoms with Crippen LogP contribution in [0.1, 0.15) is 44.2 Å². The minimum atomic E-state index is 0.721. The van der Waals surface area contributed by atoms with Gasteiger partial charge in [-0.1, -0.05) is 37.6 Å². The number of nitrogens with one attached hydrogen (secondary N) is 1. The Labute approximate surface area is 106 Å². The number of rotatable bonds is 4. The summed E-state index contributed by atoms with van der Waals surface area (Å²) < 4.78 is 0. The van der Waals surface area contributed by atoms with E-state index in [9.17, 15) is 0 Å². The van der Waals surface area contributed by atoms with E-state index in [0.717, 1.165) is 12.0 Å². The van der Waals surface area contributed by atoms with E-state index < -0.39 is 0 Å². The molecule has 0 bridgehead atoms. The summed E-state index contributed by atoms with van der Waals surface area (Å²) in [5.41, 5.74) is 2.98. The zero-order chi connectivity index (χ0) is 12.1. The minimum Gasteiger partial charge on any atom is -0.314 e. The molecule has 0 radical (unpaired) electrons. The minimum absolute atomic E-state index is 0.721. The monoisotopic (exact) mass is 231 g/mol. The Morgan fingerprint density at radius 1 is 1.12 bits per heavy atom. The molecule has 2 unspecified atom stereocenters. The van der Waals surface area contributed by atoms with Crippen molar-refractivity contribution >= 4 is 0 Å². The summed E-state index contributed by atoms with van der Waals surface area (Å²) in [6.45, 7) is 5.72. The molecule has 1 aromatic rings. The smallest absolute Gasteiger partial charge is 0.00389 e. The van der Waals surface area contributed by atoms with Crippen molar-refractivity contribution in [2.45, 2.75) is 52.0 Å². The zero-order valence-corrected chi connectivity index (χ0v) is 11.2. The van der Waals surface area contributed by atoms with Gasteiger partial charge in [-0.05, 0) is 56.2 Å². The first-order chi connectivity index (χ1) is 8.28. The zero-order valence-electron chi connectivity index (χ0n) is 11.2. The lowest BCUT2D eigenvalue weighted by atomic mass is 9.89. The summed E-state index contributed by atoms with van der Waals surface area (Å²) in [6.07, 6.45) is 6.40. The molecule has 94 valence electrons. The van der Waals surface area contributed by atoms with Crippen molar-refractivity contribution in [2.24, 2.45) is 5.92 Å². The molecule has 1 heteroatoms. The van der Waals surface area contributed by atoms with Crippen molar-refractivity contribution < 1.29 is 0 Å². The molecule has 17 heavy (non-hydrogen) atoms. The average Bonchev–Trinajstić information content (AvgIpc) is 2.35. The third-order valence-electron chi connectivity index (χ3n) is 3.85. The van der Waals surface area contributed by atoms with Crippen LogP contribution in [-0.4, -0.2) is 12.6 Å². The molecular formula is C16H25N. The molecule has 1 nitrogen and oxygen atoms in total. The van der Waals surface area contributed by atoms with Gasteiger partial charge in [0.05, 0.1) is 0 Å². The van der Waals surface area contributed by atoms with Crippen molar-refractivity contribution in [1.82, 2.24) is 5.32 Å². The number of piperidine rings is 1. The topological polar surface area (TPSA) is 12.0 Å². The molecule has 0 spiro atoms. The van der Waals surface area contributed by atoms with E-state index in [1.54, 1.807) is 0 Å². The van der Waals surface area contributed by atoms with Crippen LogP contribution in [0.5, 0.6) is 0 Å². The Morgan fingerprint density at radius 2 is 1.82 bits per heavy atom. The molecule has 2 atom stereocenters. The Balaban J connectivity index is 1.86. The van der Waals surface area contributed by atoms with Gasteiger partial charge in [0.15, 0.2) is 0 Å². The molecule has 1 N–H and O–H groups in total. The summed E-state index contributed by atoms with van der Waals surface area (Å²) in [7, 11) is 0. The highest BCUT2D eigenvalue weighted by molar-refractivity contribution is 5.23. The van der Waals surface area contributed by atoms with Gasteiger partial charge >= 0.3 is 0 Å². The lowest BCUT2D eigenvalue weighted by Gasteiger charge is -2.27. The highest BCUT2D eigenvalue weighted by Gasteiger charge is 2.17. The maximum atomic E-state index is 3.58. The van der Waals surface area contributed by atoms with Crippen LogP contribution >= 0.6 is 0 Å². The average molecular weight is 231 g/mol. The number of hydrogen-bond acceptors (Lipinski definition) is 1. The Bertz CT molecular complexity index is 320. The summed E-state index contributed by atoms with van der Waals surface area (Å²) >= 11 is 0. The first-order valence-electron chi connectivity index (χ1n) is 7.09. The molecule has 1 aliphatic heterocycles. The van der Waals surface area contributed by atoms with E-state index in [1.807, 2.05) is 0 Å². The number of benzene rings is 1. The van der Waals surface area contributed by atoms with Crippen LogP contribution in [0.3, 0.4) is 0 Å². The fourth-order valence-electron chi connectivity index (χ4n) is 2.70. The van der Waals surface area contributed by atoms with E-state index in [4.69, 9.17) is 0 Å². The van der Waals surface area contributed by atoms with Crippen LogP contribution in [0.4, 0.5) is 0 Å². The summed E-state index contributed by atoms with van der Waals surface area (Å²) in [5.74, 6) is 0.836. The molecule has 0 amide bonds. The Hall–Kier alpha value is -0.820. The van der Waals surface area contributed by atoms with E-state index in [0.29, 0.717) is 0 Å². The first kappa shape index (κ1) is 12.6. The van der Waals surface area contributed by atoms with Gasteiger partial charge in [-0.3, -0.25) is 0 Å². The fraction of sp³-hybridized carbons (Fsp3) is 0.625. The van der Waals surface area contributed by atoms with Gasteiger partial charge < -0.3 is 5.32 Å². The van der Waals surface area contributed by atoms with Gasteiger partial charge in [0.1, 0.15) is 0 Å². The first-order valence-corrected chi connectivity index (χ1v) is 7.09. The van der Waals surface area contributed by atoms with E-state index in [1.165, 1.54) is 49.8 Å². The molecule has 1 heterocycles. The molecule has 1 fully saturated rings. The molecule has 0 saturated carbocycles. The largest absolute Gasteiger partial charge is 0.314 e. The highest BCUT2D eigenvalue weighted by atomic mass is 14.9. The summed E-state index contributed by atoms with van der Waals surface area (Å²) in [5, 5.41) is 3.58. The third-order valence-corrected chi connectivity index (χ3v) is 3.85. The van der Waals surface area contributed by atoms with Crippen LogP contribution in [0, 0.1) is 5.92 Å². The van der Waals surface area contributed by atoms with Crippen molar-refractivity contribution in [3.63, 3.8) is 0 Å². The van der Waals surface area contributed by atoms with Gasteiger partial charge in [-0.2, -0.15) is 0 Å². The second-order valence-electron chi connectivity index (χ2n) is 5.52. The van der Waals surface area contributed by atoms with Gasteiger partial charge in [0, 0.05) is 6.04 Å². The highest BCUT2D eigenvalue weighted by Crippen LogP contribution is 2.19. The SMILES string of the molecule is CCCc1ccc(CC2CCC(C)NC2)cc1. The van der Waals surface area contributed by atoms with E-state index in [2.05, 4.69) is 43.4 Å². The van der Waals surface area contributed by atoms with Crippen LogP contribution in [0.15, 0.2) is 24.3 Å². The Kier molecular flexibility index (Phi) is 4.61. The number of hydrogen-bond donors (Lipinski definition) is 1. The van der Waals surface area contributed by atoms with Crippen LogP contribution in [-0.2, 0) is 12.8 Å². The predicted octanol–water partition coefficient (Wildman–Crippen LogP) is 3.57. The molecule has 0 aliphatic carbocycles. The molecule has 1 saturated heterocycles. The maximum absolute atomic E-state index is 3.58. The maximum Gasteiger partial charge on any atom is 0.00389 e. The predicted molar refractivity (Wildman–Crippen MR) is 74.3 cm³/mol. The van der Waals surface area contributed by atoms with E-state index >= 15 is 0 Å². The second kappa shape index (κ2) is 6.20. The van der Waals surface area contributed by atoms with Crippen molar-refractivity contribution in [3.05, 3.63) is 35.4 Å². The molecular weight excluding hydrogens is 206 g/mol. The van der Waals surface area contributed by atoms with Crippen molar-refractivity contribution in [1.29, 1.82) is 0 Å². The van der Waals surface area contributed by atoms with Gasteiger partial charge in [-0.15, -0.1) is 0 Å². The van der Waals surface area contributed by atoms with E-state index in [-0.39, 0.29) is 0 Å². The molecule has 2 rings (SSSR count). The van der Waals surface area contributed by atoms with Crippen LogP contribution in [0.25, 0.3) is 0 Å². The lowest BCUT2D eigenvalue weighted by Crippen LogP contribution is -2.37. The second-order valence-corrected chi connectivity index (χ2v) is 5.52. The van der Waals surface area contributed by atoms with Gasteiger partial charge in [0.2, 0.25) is 0 Å². The van der Waals surface area contributed by atoms with Crippen molar-refractivity contribution in [2.75, 3.05) is 6.54 Å².